The highest BCUT2D eigenvalue weighted by molar-refractivity contribution is 6.88. The molecular weight excluding hydrogens is 461 g/mol. The minimum atomic E-state index is -2.42. The van der Waals surface area contributed by atoms with E-state index in [4.69, 9.17) is 37.1 Å². The fourth-order valence-corrected chi connectivity index (χ4v) is 9.16. The van der Waals surface area contributed by atoms with Gasteiger partial charge in [-0.1, -0.05) is 37.1 Å². The van der Waals surface area contributed by atoms with Gasteiger partial charge in [0.25, 0.3) is 0 Å². The summed E-state index contributed by atoms with van der Waals surface area (Å²) in [5.74, 6) is 0.503. The Morgan fingerprint density at radius 1 is 1.16 bits per heavy atom. The molecule has 0 unspecified atom stereocenters. The molecule has 0 aromatic carbocycles. The van der Waals surface area contributed by atoms with Crippen molar-refractivity contribution in [2.45, 2.75) is 87.7 Å². The Kier molecular flexibility index (Phi) is 5.53. The third-order valence-electron chi connectivity index (χ3n) is 9.57. The second-order valence-corrected chi connectivity index (χ2v) is 17.4. The summed E-state index contributed by atoms with van der Waals surface area (Å²) in [4.78, 5) is 0. The number of halogens is 2. The third kappa shape index (κ3) is 3.17. The number of alkyl halides is 2. The van der Waals surface area contributed by atoms with Crippen molar-refractivity contribution in [1.29, 1.82) is 5.26 Å². The van der Waals surface area contributed by atoms with Crippen molar-refractivity contribution in [3.8, 4) is 6.07 Å². The summed E-state index contributed by atoms with van der Waals surface area (Å²) in [5.41, 5.74) is 2.11. The van der Waals surface area contributed by atoms with Crippen LogP contribution in [0.3, 0.4) is 0 Å². The Labute approximate surface area is 203 Å². The van der Waals surface area contributed by atoms with E-state index in [1.807, 2.05) is 13.1 Å². The number of rotatable bonds is 3. The van der Waals surface area contributed by atoms with Gasteiger partial charge in [0, 0.05) is 23.7 Å². The second-order valence-electron chi connectivity index (χ2n) is 11.6. The largest absolute Gasteiger partial charge is 0.396 e. The first kappa shape index (κ1) is 23.4. The Bertz CT molecular complexity index is 905. The molecule has 5 atom stereocenters. The Balaban J connectivity index is 1.47. The van der Waals surface area contributed by atoms with Crippen LogP contribution in [-0.2, 0) is 13.9 Å². The molecule has 2 saturated carbocycles. The highest BCUT2D eigenvalue weighted by atomic mass is 35.5. The van der Waals surface area contributed by atoms with Gasteiger partial charge in [-0.2, -0.15) is 5.26 Å². The van der Waals surface area contributed by atoms with Crippen LogP contribution in [0, 0.1) is 34.0 Å². The van der Waals surface area contributed by atoms with Crippen LogP contribution in [0.15, 0.2) is 23.3 Å². The summed E-state index contributed by atoms with van der Waals surface area (Å²) in [6.07, 6.45) is 11.5. The van der Waals surface area contributed by atoms with Gasteiger partial charge in [-0.25, -0.2) is 0 Å². The average Bonchev–Trinajstić information content (AvgIpc) is 3.31. The molecule has 1 aliphatic heterocycles. The highest BCUT2D eigenvalue weighted by Crippen LogP contribution is 2.67. The zero-order valence-corrected chi connectivity index (χ0v) is 22.2. The lowest BCUT2D eigenvalue weighted by Gasteiger charge is -2.56. The van der Waals surface area contributed by atoms with Crippen LogP contribution in [0.5, 0.6) is 0 Å². The average molecular weight is 497 g/mol. The highest BCUT2D eigenvalue weighted by Gasteiger charge is 2.65. The SMILES string of the molecule is C[C@]12CCC3(CC1=CC[C@@H]1C2=CC[C@@]2(C)[C@H]1CC[C@@]2(C#N)O[Si](C)(C)C(Cl)Cl)OCCO3. The van der Waals surface area contributed by atoms with Gasteiger partial charge in [-0.05, 0) is 57.0 Å². The fourth-order valence-electron chi connectivity index (χ4n) is 7.52. The van der Waals surface area contributed by atoms with Crippen LogP contribution in [0.1, 0.15) is 58.8 Å². The molecule has 0 aromatic rings. The van der Waals surface area contributed by atoms with Gasteiger partial charge < -0.3 is 13.9 Å². The summed E-state index contributed by atoms with van der Waals surface area (Å²) in [6.45, 7) is 10.2. The zero-order valence-electron chi connectivity index (χ0n) is 19.7. The van der Waals surface area contributed by atoms with Gasteiger partial charge in [0.15, 0.2) is 5.79 Å². The summed E-state index contributed by atoms with van der Waals surface area (Å²) >= 11 is 12.6. The first-order chi connectivity index (χ1) is 15.0. The monoisotopic (exact) mass is 495 g/mol. The number of fused-ring (bicyclic) bond motifs is 5. The number of ether oxygens (including phenoxy) is 2. The first-order valence-electron chi connectivity index (χ1n) is 12.1. The maximum Gasteiger partial charge on any atom is 0.222 e. The van der Waals surface area contributed by atoms with E-state index >= 15 is 0 Å². The minimum absolute atomic E-state index is 0.0783. The fraction of sp³-hybridized carbons (Fsp3) is 0.800. The summed E-state index contributed by atoms with van der Waals surface area (Å²) in [5, 5.41) is 10.4. The molecule has 1 saturated heterocycles. The first-order valence-corrected chi connectivity index (χ1v) is 15.9. The van der Waals surface area contributed by atoms with Crippen LogP contribution in [-0.4, -0.2) is 37.4 Å². The third-order valence-corrected chi connectivity index (χ3v) is 14.6. The van der Waals surface area contributed by atoms with E-state index < -0.39 is 24.2 Å². The summed E-state index contributed by atoms with van der Waals surface area (Å²) in [7, 11) is -2.42. The molecule has 0 radical (unpaired) electrons. The van der Waals surface area contributed by atoms with Crippen molar-refractivity contribution < 1.29 is 13.9 Å². The van der Waals surface area contributed by atoms with Gasteiger partial charge in [-0.15, -0.1) is 23.2 Å². The van der Waals surface area contributed by atoms with Crippen LogP contribution >= 0.6 is 23.2 Å². The van der Waals surface area contributed by atoms with E-state index in [0.717, 1.165) is 44.9 Å². The molecule has 1 heterocycles. The second kappa shape index (κ2) is 7.57. The predicted molar refractivity (Wildman–Crippen MR) is 129 cm³/mol. The normalized spacial score (nSPS) is 42.7. The molecule has 0 aromatic heterocycles. The molecule has 5 rings (SSSR count). The lowest BCUT2D eigenvalue weighted by Crippen LogP contribution is -2.57. The number of allylic oxidation sites excluding steroid dienone is 3. The molecule has 32 heavy (non-hydrogen) atoms. The lowest BCUT2D eigenvalue weighted by molar-refractivity contribution is -0.175. The molecule has 3 fully saturated rings. The number of nitrogens with zero attached hydrogens (tertiary/aromatic N) is 1. The zero-order chi connectivity index (χ0) is 23.0. The Morgan fingerprint density at radius 2 is 1.88 bits per heavy atom. The van der Waals surface area contributed by atoms with Gasteiger partial charge in [0.1, 0.15) is 10.1 Å². The number of hydrogen-bond donors (Lipinski definition) is 0. The van der Waals surface area contributed by atoms with Gasteiger partial charge in [0.2, 0.25) is 8.32 Å². The molecule has 0 bridgehead atoms. The van der Waals surface area contributed by atoms with Crippen LogP contribution < -0.4 is 0 Å². The minimum Gasteiger partial charge on any atom is -0.396 e. The lowest BCUT2D eigenvalue weighted by atomic mass is 9.51. The smallest absolute Gasteiger partial charge is 0.222 e. The number of hydrogen-bond acceptors (Lipinski definition) is 4. The molecule has 176 valence electrons. The quantitative estimate of drug-likeness (QED) is 0.256. The molecule has 4 nitrogen and oxygen atoms in total. The van der Waals surface area contributed by atoms with Crippen molar-refractivity contribution in [3.63, 3.8) is 0 Å². The van der Waals surface area contributed by atoms with Crippen molar-refractivity contribution in [2.75, 3.05) is 13.2 Å². The van der Waals surface area contributed by atoms with Crippen molar-refractivity contribution in [2.24, 2.45) is 22.7 Å². The van der Waals surface area contributed by atoms with E-state index in [0.29, 0.717) is 25.0 Å². The van der Waals surface area contributed by atoms with Crippen molar-refractivity contribution in [3.05, 3.63) is 23.3 Å². The maximum atomic E-state index is 10.4. The van der Waals surface area contributed by atoms with Gasteiger partial charge >= 0.3 is 0 Å². The van der Waals surface area contributed by atoms with E-state index in [2.05, 4.69) is 32.1 Å². The molecule has 7 heteroatoms. The molecule has 0 amide bonds. The van der Waals surface area contributed by atoms with E-state index in [-0.39, 0.29) is 10.8 Å². The van der Waals surface area contributed by atoms with E-state index in [1.54, 1.807) is 5.57 Å². The Morgan fingerprint density at radius 3 is 2.53 bits per heavy atom. The standard InChI is InChI=1S/C25H35Cl2NO3Si/c1-22-11-12-25(29-13-14-30-25)15-17(22)5-6-18-19(22)7-9-23(2)20(18)8-10-24(23,16-28)31-32(3,4)21(26)27/h5,7,18,20-21H,6,8-15H2,1-4H3/t18-,20+,22+,23+,24+/m1/s1. The molecule has 5 aliphatic rings. The number of nitriles is 1. The molecule has 1 spiro atoms. The Hall–Kier alpha value is -0.353. The topological polar surface area (TPSA) is 51.5 Å². The van der Waals surface area contributed by atoms with Gasteiger partial charge in [0.05, 0.1) is 19.3 Å². The predicted octanol–water partition coefficient (Wildman–Crippen LogP) is 6.44. The van der Waals surface area contributed by atoms with Crippen LogP contribution in [0.25, 0.3) is 0 Å². The van der Waals surface area contributed by atoms with Crippen molar-refractivity contribution >= 4 is 31.5 Å². The summed E-state index contributed by atoms with van der Waals surface area (Å²) in [6, 6.07) is 2.64. The summed E-state index contributed by atoms with van der Waals surface area (Å²) < 4.78 is 18.2. The van der Waals surface area contributed by atoms with Gasteiger partial charge in [-0.3, -0.25) is 0 Å². The maximum absolute atomic E-state index is 10.4. The molecule has 0 N–H and O–H groups in total. The van der Waals surface area contributed by atoms with Crippen molar-refractivity contribution in [1.82, 2.24) is 0 Å². The van der Waals surface area contributed by atoms with Crippen LogP contribution in [0.2, 0.25) is 13.1 Å². The molecule has 4 aliphatic carbocycles. The molecular formula is C25H35Cl2NO3Si. The van der Waals surface area contributed by atoms with E-state index in [9.17, 15) is 5.26 Å². The van der Waals surface area contributed by atoms with E-state index in [1.165, 1.54) is 5.57 Å². The van der Waals surface area contributed by atoms with Crippen LogP contribution in [0.4, 0.5) is 0 Å².